The number of anilines is 6. The van der Waals surface area contributed by atoms with E-state index < -0.39 is 46.8 Å². The number of amides is 4. The summed E-state index contributed by atoms with van der Waals surface area (Å²) in [5.41, 5.74) is 5.84. The average molecular weight is 1060 g/mol. The molecule has 2 atom stereocenters. The first-order valence-corrected chi connectivity index (χ1v) is 26.2. The maximum absolute atomic E-state index is 12.9. The molecule has 6 N–H and O–H groups in total. The van der Waals surface area contributed by atoms with Crippen LogP contribution in [0.5, 0.6) is 0 Å². The van der Waals surface area contributed by atoms with Gasteiger partial charge in [0.2, 0.25) is 0 Å². The van der Waals surface area contributed by atoms with E-state index in [9.17, 15) is 19.2 Å². The number of carbonyl (C=O) groups is 4. The van der Waals surface area contributed by atoms with Gasteiger partial charge in [-0.15, -0.1) is 22.7 Å². The number of thiophene rings is 2. The molecule has 2 fully saturated rings. The lowest BCUT2D eigenvalue weighted by molar-refractivity contribution is 0.0497. The number of nitrogens with two attached hydrogens (primary N) is 1. The van der Waals surface area contributed by atoms with Crippen molar-refractivity contribution in [3.63, 3.8) is 0 Å². The monoisotopic (exact) mass is 1060 g/mol. The molecule has 24 heteroatoms. The molecule has 400 valence electrons. The van der Waals surface area contributed by atoms with Gasteiger partial charge in [0.15, 0.2) is 11.3 Å². The number of ether oxygens (including phenoxy) is 4. The van der Waals surface area contributed by atoms with Crippen molar-refractivity contribution in [1.29, 1.82) is 0 Å². The second-order valence-corrected chi connectivity index (χ2v) is 24.1. The van der Waals surface area contributed by atoms with Crippen LogP contribution in [0.1, 0.15) is 106 Å². The Kier molecular flexibility index (Phi) is 16.4. The Hall–Kier alpha value is -7.08. The van der Waals surface area contributed by atoms with E-state index in [1.165, 1.54) is 20.5 Å². The highest BCUT2D eigenvalue weighted by molar-refractivity contribution is 7.10. The summed E-state index contributed by atoms with van der Waals surface area (Å²) >= 11 is 3.41. The summed E-state index contributed by atoms with van der Waals surface area (Å²) in [7, 11) is 0. The van der Waals surface area contributed by atoms with E-state index in [-0.39, 0.29) is 12.1 Å². The summed E-state index contributed by atoms with van der Waals surface area (Å²) in [6.07, 6.45) is 2.66. The first-order chi connectivity index (χ1) is 34.6. The van der Waals surface area contributed by atoms with E-state index in [4.69, 9.17) is 29.7 Å². The molecule has 2 aliphatic heterocycles. The Bertz CT molecular complexity index is 2860. The van der Waals surface area contributed by atoms with Crippen molar-refractivity contribution in [3.05, 3.63) is 69.3 Å². The minimum atomic E-state index is -0.665. The van der Waals surface area contributed by atoms with E-state index in [0.717, 1.165) is 18.5 Å². The highest BCUT2D eigenvalue weighted by Crippen LogP contribution is 2.32. The quantitative estimate of drug-likeness (QED) is 0.0758. The molecule has 22 nitrogen and oxygen atoms in total. The van der Waals surface area contributed by atoms with Gasteiger partial charge in [-0.25, -0.2) is 29.1 Å². The lowest BCUT2D eigenvalue weighted by Gasteiger charge is -2.24. The largest absolute Gasteiger partial charge is 0.444 e. The number of fused-ring (bicyclic) bond motifs is 2. The van der Waals surface area contributed by atoms with Crippen molar-refractivity contribution in [2.45, 2.75) is 144 Å². The fourth-order valence-electron chi connectivity index (χ4n) is 7.98. The van der Waals surface area contributed by atoms with Crippen molar-refractivity contribution < 1.29 is 38.1 Å². The van der Waals surface area contributed by atoms with Crippen molar-refractivity contribution in [2.24, 2.45) is 0 Å². The Morgan fingerprint density at radius 2 is 1.03 bits per heavy atom. The van der Waals surface area contributed by atoms with Crippen LogP contribution in [-0.4, -0.2) is 114 Å². The summed E-state index contributed by atoms with van der Waals surface area (Å²) < 4.78 is 24.8. The molecule has 6 aromatic rings. The van der Waals surface area contributed by atoms with Gasteiger partial charge in [-0.05, 0) is 119 Å². The van der Waals surface area contributed by atoms with Crippen molar-refractivity contribution in [2.75, 3.05) is 57.2 Å². The second-order valence-electron chi connectivity index (χ2n) is 22.0. The van der Waals surface area contributed by atoms with Gasteiger partial charge < -0.3 is 50.0 Å². The molecule has 2 aliphatic rings. The molecule has 0 unspecified atom stereocenters. The fraction of sp³-hybridized carbons (Fsp3) is 0.520. The molecule has 0 aromatic carbocycles. The van der Waals surface area contributed by atoms with Crippen LogP contribution in [0.25, 0.3) is 11.3 Å². The average Bonchev–Trinajstić information content (AvgIpc) is 4.12. The Morgan fingerprint density at radius 1 is 0.622 bits per heavy atom. The number of carbonyl (C=O) groups excluding carboxylic acids is 4. The molecule has 8 heterocycles. The van der Waals surface area contributed by atoms with Gasteiger partial charge >= 0.3 is 24.4 Å². The van der Waals surface area contributed by atoms with Crippen LogP contribution in [0.3, 0.4) is 0 Å². The predicted molar refractivity (Wildman–Crippen MR) is 289 cm³/mol. The molecule has 4 amide bonds. The highest BCUT2D eigenvalue weighted by Gasteiger charge is 2.31. The van der Waals surface area contributed by atoms with Crippen molar-refractivity contribution in [1.82, 2.24) is 39.8 Å². The third-order valence-electron chi connectivity index (χ3n) is 10.8. The number of rotatable bonds is 11. The summed E-state index contributed by atoms with van der Waals surface area (Å²) in [5, 5.41) is 24.5. The van der Waals surface area contributed by atoms with E-state index >= 15 is 0 Å². The highest BCUT2D eigenvalue weighted by atomic mass is 32.1. The zero-order valence-corrected chi connectivity index (χ0v) is 45.9. The summed E-state index contributed by atoms with van der Waals surface area (Å²) in [5.74, 6) is 2.10. The third-order valence-corrected chi connectivity index (χ3v) is 12.6. The lowest BCUT2D eigenvalue weighted by atomic mass is 10.2. The Labute approximate surface area is 439 Å². The van der Waals surface area contributed by atoms with Gasteiger partial charge in [-0.2, -0.15) is 19.2 Å². The second kappa shape index (κ2) is 22.2. The van der Waals surface area contributed by atoms with Gasteiger partial charge in [0.1, 0.15) is 51.4 Å². The molecule has 0 aliphatic carbocycles. The van der Waals surface area contributed by atoms with Crippen LogP contribution in [0.2, 0.25) is 0 Å². The Morgan fingerprint density at radius 3 is 1.45 bits per heavy atom. The normalized spacial score (nSPS) is 16.1. The molecule has 0 bridgehead atoms. The standard InChI is InChI=1S/C30H39N7O4S2.C20H31N7O4/c1-29(2,3)40-27(38)32-20-11-12-35(17-20)24-15-25(34-28(39)41-30(4,5)6)37-26(33-24)23(16-31-37)36(18-21-9-7-13-42-21)19-22-10-8-14-43-22;1-19(2,3)30-17(28)23-12-7-8-26(11-12)14-9-15(25-18(29)31-20(4,5)6)27-16(24-14)13(21)10-22-27/h7-10,13-16,20H,11-12,17-19H2,1-6H3,(H,32,38)(H,34,39);9-10,12H,7-8,11,21H2,1-6H3,(H,23,28)(H,25,29)/t20-;12-/m00/s1. The number of alkyl carbamates (subject to hydrolysis) is 2. The summed E-state index contributed by atoms with van der Waals surface area (Å²) in [6.45, 7) is 25.6. The van der Waals surface area contributed by atoms with E-state index in [1.54, 1.807) is 66.3 Å². The molecule has 6 aromatic heterocycles. The van der Waals surface area contributed by atoms with Crippen LogP contribution >= 0.6 is 22.7 Å². The number of nitrogens with zero attached hydrogens (tertiary/aromatic N) is 9. The zero-order chi connectivity index (χ0) is 53.8. The van der Waals surface area contributed by atoms with Crippen LogP contribution in [0.4, 0.5) is 53.8 Å². The van der Waals surface area contributed by atoms with Gasteiger partial charge in [0, 0.05) is 48.1 Å². The topological polar surface area (TPSA) is 249 Å². The Balaban J connectivity index is 0.000000228. The first kappa shape index (κ1) is 54.7. The number of hydrogen-bond donors (Lipinski definition) is 5. The molecule has 74 heavy (non-hydrogen) atoms. The SMILES string of the molecule is CC(C)(C)OC(=O)Nc1cc(N2CC[C@H](NC(=O)OC(C)(C)C)C2)nc2c(N(Cc3cccs3)Cc3cccs3)cnn12.CC(C)(C)OC(=O)Nc1cc(N2CC[C@H](NC(=O)OC(C)(C)C)C2)nc2c(N)cnn12. The molecule has 8 rings (SSSR count). The maximum Gasteiger partial charge on any atom is 0.413 e. The molecule has 0 radical (unpaired) electrons. The lowest BCUT2D eigenvalue weighted by Crippen LogP contribution is -2.40. The van der Waals surface area contributed by atoms with Gasteiger partial charge in [0.25, 0.3) is 0 Å². The minimum Gasteiger partial charge on any atom is -0.444 e. The van der Waals surface area contributed by atoms with Gasteiger partial charge in [-0.3, -0.25) is 10.6 Å². The van der Waals surface area contributed by atoms with Crippen molar-refractivity contribution >= 4 is 93.0 Å². The van der Waals surface area contributed by atoms with Crippen molar-refractivity contribution in [3.8, 4) is 0 Å². The zero-order valence-electron chi connectivity index (χ0n) is 44.3. The fourth-order valence-corrected chi connectivity index (χ4v) is 9.41. The summed E-state index contributed by atoms with van der Waals surface area (Å²) in [4.78, 5) is 68.1. The molecular weight excluding hydrogens is 989 g/mol. The summed E-state index contributed by atoms with van der Waals surface area (Å²) in [6, 6.07) is 11.7. The van der Waals surface area contributed by atoms with Crippen LogP contribution in [0.15, 0.2) is 59.6 Å². The van der Waals surface area contributed by atoms with E-state index in [1.807, 2.05) is 79.3 Å². The van der Waals surface area contributed by atoms with E-state index in [0.29, 0.717) is 79.5 Å². The molecular formula is C50H70N14O8S2. The predicted octanol–water partition coefficient (Wildman–Crippen LogP) is 9.27. The van der Waals surface area contributed by atoms with Crippen LogP contribution in [-0.2, 0) is 32.0 Å². The van der Waals surface area contributed by atoms with Crippen LogP contribution in [0, 0.1) is 0 Å². The number of hydrogen-bond acceptors (Lipinski definition) is 18. The maximum atomic E-state index is 12.9. The molecule has 0 spiro atoms. The van der Waals surface area contributed by atoms with Gasteiger partial charge in [-0.1, -0.05) is 12.1 Å². The molecule has 2 saturated heterocycles. The van der Waals surface area contributed by atoms with Crippen LogP contribution < -0.4 is 41.7 Å². The molecule has 0 saturated carbocycles. The smallest absolute Gasteiger partial charge is 0.413 e. The first-order valence-electron chi connectivity index (χ1n) is 24.5. The number of aromatic nitrogens is 6. The van der Waals surface area contributed by atoms with E-state index in [2.05, 4.69) is 69.1 Å². The number of nitrogens with one attached hydrogen (secondary N) is 4. The minimum absolute atomic E-state index is 0.0857. The number of nitrogen functional groups attached to an aromatic ring is 1. The van der Waals surface area contributed by atoms with Gasteiger partial charge in [0.05, 0.1) is 43.3 Å². The third kappa shape index (κ3) is 15.5.